The molecular formula is C23H28N4O4. The third-order valence-electron chi connectivity index (χ3n) is 5.44. The molecule has 0 radical (unpaired) electrons. The molecule has 1 aromatic carbocycles. The van der Waals surface area contributed by atoms with Gasteiger partial charge in [-0.15, -0.1) is 0 Å². The van der Waals surface area contributed by atoms with Gasteiger partial charge in [-0.05, 0) is 36.2 Å². The third-order valence-corrected chi connectivity index (χ3v) is 5.44. The molecule has 1 aliphatic rings. The molecule has 1 aromatic heterocycles. The molecule has 0 aliphatic carbocycles. The average molecular weight is 425 g/mol. The molecule has 1 unspecified atom stereocenters. The van der Waals surface area contributed by atoms with Crippen molar-refractivity contribution in [2.24, 2.45) is 0 Å². The van der Waals surface area contributed by atoms with Crippen LogP contribution >= 0.6 is 0 Å². The van der Waals surface area contributed by atoms with Crippen molar-refractivity contribution in [3.63, 3.8) is 0 Å². The van der Waals surface area contributed by atoms with Crippen LogP contribution < -0.4 is 10.2 Å². The molecule has 2 N–H and O–H groups in total. The number of morpholine rings is 1. The molecule has 2 atom stereocenters. The standard InChI is InChI=1S/C23H28N4O4/c1-3-19-15-31-9-8-27(19)21-6-5-17(18(14-30-2)11-23(28)29)10-20(21)26-22-7-4-16(12-24)13-25-22/h4-7,10,13,18-19H,3,8-9,11,14-15H2,1-2H3,(H,25,26)(H,28,29)/t18-,19?/m0/s1. The van der Waals surface area contributed by atoms with Gasteiger partial charge in [0.05, 0.1) is 49.2 Å². The number of hydrogen-bond donors (Lipinski definition) is 2. The molecule has 1 saturated heterocycles. The number of nitriles is 1. The van der Waals surface area contributed by atoms with Gasteiger partial charge in [0, 0.05) is 25.8 Å². The Morgan fingerprint density at radius 2 is 2.29 bits per heavy atom. The molecular weight excluding hydrogens is 396 g/mol. The van der Waals surface area contributed by atoms with Crippen LogP contribution in [0, 0.1) is 11.3 Å². The summed E-state index contributed by atoms with van der Waals surface area (Å²) in [6.45, 7) is 4.53. The van der Waals surface area contributed by atoms with Gasteiger partial charge in [-0.1, -0.05) is 13.0 Å². The number of carbonyl (C=O) groups is 1. The lowest BCUT2D eigenvalue weighted by atomic mass is 9.95. The van der Waals surface area contributed by atoms with Crippen molar-refractivity contribution in [2.75, 3.05) is 43.7 Å². The van der Waals surface area contributed by atoms with Gasteiger partial charge >= 0.3 is 5.97 Å². The lowest BCUT2D eigenvalue weighted by Crippen LogP contribution is -2.45. The number of nitrogens with zero attached hydrogens (tertiary/aromatic N) is 3. The second kappa shape index (κ2) is 10.8. The summed E-state index contributed by atoms with van der Waals surface area (Å²) in [5.74, 6) is -0.522. The quantitative estimate of drug-likeness (QED) is 0.630. The summed E-state index contributed by atoms with van der Waals surface area (Å²) in [6.07, 6.45) is 2.45. The van der Waals surface area contributed by atoms with Crippen LogP contribution in [-0.2, 0) is 14.3 Å². The van der Waals surface area contributed by atoms with Crippen LogP contribution in [-0.4, -0.2) is 55.6 Å². The highest BCUT2D eigenvalue weighted by molar-refractivity contribution is 5.76. The summed E-state index contributed by atoms with van der Waals surface area (Å²) in [5, 5.41) is 21.7. The predicted molar refractivity (Wildman–Crippen MR) is 118 cm³/mol. The largest absolute Gasteiger partial charge is 0.481 e. The molecule has 2 heterocycles. The molecule has 8 nitrogen and oxygen atoms in total. The Morgan fingerprint density at radius 1 is 1.45 bits per heavy atom. The van der Waals surface area contributed by atoms with Gasteiger partial charge in [-0.25, -0.2) is 4.98 Å². The van der Waals surface area contributed by atoms with Crippen LogP contribution in [0.15, 0.2) is 36.5 Å². The van der Waals surface area contributed by atoms with Crippen molar-refractivity contribution in [3.05, 3.63) is 47.7 Å². The van der Waals surface area contributed by atoms with Gasteiger partial charge < -0.3 is 24.8 Å². The van der Waals surface area contributed by atoms with Gasteiger partial charge in [0.2, 0.25) is 0 Å². The fourth-order valence-corrected chi connectivity index (χ4v) is 3.83. The summed E-state index contributed by atoms with van der Waals surface area (Å²) >= 11 is 0. The Morgan fingerprint density at radius 3 is 2.94 bits per heavy atom. The number of benzene rings is 1. The number of hydrogen-bond acceptors (Lipinski definition) is 7. The molecule has 31 heavy (non-hydrogen) atoms. The monoisotopic (exact) mass is 424 g/mol. The minimum absolute atomic E-state index is 0.0170. The van der Waals surface area contributed by atoms with E-state index in [9.17, 15) is 9.90 Å². The number of aliphatic carboxylic acids is 1. The second-order valence-corrected chi connectivity index (χ2v) is 7.53. The van der Waals surface area contributed by atoms with E-state index in [1.54, 1.807) is 19.2 Å². The van der Waals surface area contributed by atoms with Crippen LogP contribution in [0.1, 0.15) is 36.8 Å². The Bertz CT molecular complexity index is 926. The van der Waals surface area contributed by atoms with Crippen LogP contribution in [0.5, 0.6) is 0 Å². The summed E-state index contributed by atoms with van der Waals surface area (Å²) < 4.78 is 10.9. The zero-order valence-electron chi connectivity index (χ0n) is 17.9. The van der Waals surface area contributed by atoms with E-state index in [0.717, 1.165) is 29.9 Å². The van der Waals surface area contributed by atoms with E-state index in [1.807, 2.05) is 18.2 Å². The fourth-order valence-electron chi connectivity index (χ4n) is 3.83. The van der Waals surface area contributed by atoms with Crippen LogP contribution in [0.4, 0.5) is 17.2 Å². The number of methoxy groups -OCH3 is 1. The highest BCUT2D eigenvalue weighted by Gasteiger charge is 2.25. The lowest BCUT2D eigenvalue weighted by Gasteiger charge is -2.38. The van der Waals surface area contributed by atoms with E-state index in [2.05, 4.69) is 28.2 Å². The molecule has 8 heteroatoms. The Kier molecular flexibility index (Phi) is 7.82. The van der Waals surface area contributed by atoms with Crippen molar-refractivity contribution in [1.82, 2.24) is 4.98 Å². The molecule has 0 saturated carbocycles. The van der Waals surface area contributed by atoms with Crippen molar-refractivity contribution in [2.45, 2.75) is 31.7 Å². The smallest absolute Gasteiger partial charge is 0.304 e. The highest BCUT2D eigenvalue weighted by Crippen LogP contribution is 2.35. The fraction of sp³-hybridized carbons (Fsp3) is 0.435. The van der Waals surface area contributed by atoms with Crippen molar-refractivity contribution >= 4 is 23.2 Å². The van der Waals surface area contributed by atoms with E-state index >= 15 is 0 Å². The first-order valence-corrected chi connectivity index (χ1v) is 10.4. The number of nitrogens with one attached hydrogen (secondary N) is 1. The zero-order valence-corrected chi connectivity index (χ0v) is 17.9. The summed E-state index contributed by atoms with van der Waals surface area (Å²) in [4.78, 5) is 18.0. The van der Waals surface area contributed by atoms with E-state index in [-0.39, 0.29) is 18.4 Å². The van der Waals surface area contributed by atoms with Gasteiger partial charge in [-0.2, -0.15) is 5.26 Å². The highest BCUT2D eigenvalue weighted by atomic mass is 16.5. The van der Waals surface area contributed by atoms with Crippen LogP contribution in [0.2, 0.25) is 0 Å². The number of rotatable bonds is 9. The summed E-state index contributed by atoms with van der Waals surface area (Å²) in [5.41, 5.74) is 3.21. The zero-order chi connectivity index (χ0) is 22.2. The summed E-state index contributed by atoms with van der Waals surface area (Å²) in [6, 6.07) is 11.8. The van der Waals surface area contributed by atoms with E-state index in [1.165, 1.54) is 6.20 Å². The van der Waals surface area contributed by atoms with Crippen molar-refractivity contribution in [1.29, 1.82) is 5.26 Å². The number of ether oxygens (including phenoxy) is 2. The Balaban J connectivity index is 2.00. The normalized spacial score (nSPS) is 17.1. The number of aromatic nitrogens is 1. The van der Waals surface area contributed by atoms with Gasteiger partial charge in [0.15, 0.2) is 0 Å². The molecule has 3 rings (SSSR count). The molecule has 1 aliphatic heterocycles. The third kappa shape index (κ3) is 5.72. The summed E-state index contributed by atoms with van der Waals surface area (Å²) in [7, 11) is 1.57. The molecule has 0 bridgehead atoms. The molecule has 164 valence electrons. The SMILES string of the molecule is CCC1COCCN1c1ccc([C@H](COC)CC(=O)O)cc1Nc1ccc(C#N)cn1. The maximum absolute atomic E-state index is 11.4. The molecule has 1 fully saturated rings. The van der Waals surface area contributed by atoms with Gasteiger partial charge in [0.25, 0.3) is 0 Å². The first-order valence-electron chi connectivity index (χ1n) is 10.4. The molecule has 0 spiro atoms. The Hall–Kier alpha value is -3.15. The topological polar surface area (TPSA) is 108 Å². The number of carboxylic acids is 1. The molecule has 2 aromatic rings. The number of carboxylic acid groups (broad SMARTS) is 1. The van der Waals surface area contributed by atoms with E-state index in [0.29, 0.717) is 31.2 Å². The Labute approximate surface area is 182 Å². The maximum atomic E-state index is 11.4. The maximum Gasteiger partial charge on any atom is 0.304 e. The first-order chi connectivity index (χ1) is 15.0. The van der Waals surface area contributed by atoms with Crippen LogP contribution in [0.25, 0.3) is 0 Å². The van der Waals surface area contributed by atoms with Gasteiger partial charge in [-0.3, -0.25) is 4.79 Å². The van der Waals surface area contributed by atoms with Gasteiger partial charge in [0.1, 0.15) is 11.9 Å². The van der Waals surface area contributed by atoms with E-state index < -0.39 is 5.97 Å². The predicted octanol–water partition coefficient (Wildman–Crippen LogP) is 3.52. The first kappa shape index (κ1) is 22.5. The van der Waals surface area contributed by atoms with Crippen molar-refractivity contribution < 1.29 is 19.4 Å². The molecule has 0 amide bonds. The number of pyridine rings is 1. The lowest BCUT2D eigenvalue weighted by molar-refractivity contribution is -0.137. The average Bonchev–Trinajstić information content (AvgIpc) is 2.79. The van der Waals surface area contributed by atoms with Crippen molar-refractivity contribution in [3.8, 4) is 6.07 Å². The minimum atomic E-state index is -0.867. The van der Waals surface area contributed by atoms with Crippen LogP contribution in [0.3, 0.4) is 0 Å². The second-order valence-electron chi connectivity index (χ2n) is 7.53. The number of anilines is 3. The minimum Gasteiger partial charge on any atom is -0.481 e. The van der Waals surface area contributed by atoms with E-state index in [4.69, 9.17) is 14.7 Å².